The summed E-state index contributed by atoms with van der Waals surface area (Å²) in [6, 6.07) is 25.3. The number of nitrogens with one attached hydrogen (secondary N) is 1. The van der Waals surface area contributed by atoms with Crippen molar-refractivity contribution in [3.8, 4) is 40.7 Å². The summed E-state index contributed by atoms with van der Waals surface area (Å²) in [6.45, 7) is 12.7. The van der Waals surface area contributed by atoms with E-state index >= 15 is 0 Å². The third-order valence-corrected chi connectivity index (χ3v) is 15.8. The number of aromatic hydroxyl groups is 2. The number of carbonyl (C=O) groups excluding carboxylic acids is 2. The molecule has 3 saturated heterocycles. The highest BCUT2D eigenvalue weighted by molar-refractivity contribution is 6.36. The standard InChI is InChI=1S/C56H64ClN11O6/c1-4-50(71)67-28-27-66(32-41(67)15-21-58)52-42-20-26-65(47-10-6-8-38-7-5-9-45(57)51(38)47)33-46(42)59-55(60-52)74-34-37-16-24-64(25-17-37)54(72)39-18-22-63(23-19-39)31-36-11-13-40(14-12-36)68-53(61-62-56(68)73)44-29-43(35(2)3)48(69)30-49(44)70/h5-14,29-30,35,37,39,41,69-70H,4,15-20,22-28,31-34H2,1-3H3,(H,62,73). The van der Waals surface area contributed by atoms with Crippen molar-refractivity contribution in [1.29, 1.82) is 5.26 Å². The van der Waals surface area contributed by atoms with E-state index in [1.807, 2.05) is 67.0 Å². The molecular weight excluding hydrogens is 958 g/mol. The Balaban J connectivity index is 0.752. The van der Waals surface area contributed by atoms with Crippen LogP contribution in [0.25, 0.3) is 27.8 Å². The topological polar surface area (TPSA) is 200 Å². The number of nitrogens with zero attached hydrogens (tertiary/aromatic N) is 10. The molecule has 3 N–H and O–H groups in total. The Hall–Kier alpha value is -7.16. The number of H-pyrrole nitrogens is 1. The summed E-state index contributed by atoms with van der Waals surface area (Å²) >= 11 is 6.80. The number of hydrogen-bond donors (Lipinski definition) is 3. The molecular formula is C56H64ClN11O6. The second-order valence-corrected chi connectivity index (χ2v) is 20.9. The number of rotatable bonds is 13. The number of anilines is 2. The van der Waals surface area contributed by atoms with Gasteiger partial charge in [0.25, 0.3) is 0 Å². The molecule has 74 heavy (non-hydrogen) atoms. The molecule has 6 aromatic rings. The van der Waals surface area contributed by atoms with E-state index in [0.717, 1.165) is 84.4 Å². The maximum Gasteiger partial charge on any atom is 0.348 e. The average molecular weight is 1020 g/mol. The van der Waals surface area contributed by atoms with Crippen molar-refractivity contribution in [3.63, 3.8) is 0 Å². The van der Waals surface area contributed by atoms with E-state index in [1.54, 1.807) is 6.07 Å². The van der Waals surface area contributed by atoms with Gasteiger partial charge in [-0.05, 0) is 104 Å². The Morgan fingerprint density at radius 3 is 2.39 bits per heavy atom. The van der Waals surface area contributed by atoms with Crippen LogP contribution in [0.2, 0.25) is 5.02 Å². The van der Waals surface area contributed by atoms with E-state index in [1.165, 1.54) is 10.6 Å². The molecule has 1 atom stereocenters. The zero-order valence-electron chi connectivity index (χ0n) is 42.3. The van der Waals surface area contributed by atoms with Gasteiger partial charge in [-0.25, -0.2) is 14.5 Å². The summed E-state index contributed by atoms with van der Waals surface area (Å²) in [5.74, 6) is 1.34. The molecule has 18 heteroatoms. The summed E-state index contributed by atoms with van der Waals surface area (Å²) in [4.78, 5) is 60.8. The van der Waals surface area contributed by atoms with Crippen molar-refractivity contribution in [2.75, 3.05) is 68.8 Å². The van der Waals surface area contributed by atoms with Crippen LogP contribution in [-0.4, -0.2) is 126 Å². The van der Waals surface area contributed by atoms with Crippen LogP contribution in [0.1, 0.15) is 87.6 Å². The summed E-state index contributed by atoms with van der Waals surface area (Å²) in [7, 11) is 0. The van der Waals surface area contributed by atoms with Crippen molar-refractivity contribution >= 4 is 45.7 Å². The molecule has 4 aliphatic rings. The monoisotopic (exact) mass is 1020 g/mol. The molecule has 4 aliphatic heterocycles. The van der Waals surface area contributed by atoms with Crippen LogP contribution in [0.15, 0.2) is 77.6 Å². The number of aromatic nitrogens is 5. The zero-order chi connectivity index (χ0) is 51.6. The number of piperidine rings is 2. The third-order valence-electron chi connectivity index (χ3n) is 15.5. The fourth-order valence-corrected chi connectivity index (χ4v) is 11.7. The lowest BCUT2D eigenvalue weighted by atomic mass is 9.92. The molecule has 10 rings (SSSR count). The molecule has 17 nitrogen and oxygen atoms in total. The minimum Gasteiger partial charge on any atom is -0.508 e. The fourth-order valence-electron chi connectivity index (χ4n) is 11.4. The number of benzene rings is 4. The van der Waals surface area contributed by atoms with E-state index in [-0.39, 0.29) is 59.4 Å². The number of fused-ring (bicyclic) bond motifs is 2. The summed E-state index contributed by atoms with van der Waals surface area (Å²) in [5.41, 5.74) is 5.21. The van der Waals surface area contributed by atoms with Crippen LogP contribution in [0.5, 0.6) is 17.5 Å². The number of piperazine rings is 1. The van der Waals surface area contributed by atoms with Gasteiger partial charge >= 0.3 is 11.7 Å². The van der Waals surface area contributed by atoms with E-state index in [4.69, 9.17) is 26.3 Å². The molecule has 0 aliphatic carbocycles. The van der Waals surface area contributed by atoms with Gasteiger partial charge in [-0.15, -0.1) is 0 Å². The normalized spacial score (nSPS) is 18.0. The van der Waals surface area contributed by atoms with Crippen molar-refractivity contribution in [3.05, 3.63) is 111 Å². The summed E-state index contributed by atoms with van der Waals surface area (Å²) in [6.07, 6.45) is 4.54. The molecule has 0 spiro atoms. The van der Waals surface area contributed by atoms with E-state index < -0.39 is 5.69 Å². The van der Waals surface area contributed by atoms with Crippen LogP contribution in [0.4, 0.5) is 11.5 Å². The largest absolute Gasteiger partial charge is 0.508 e. The minimum absolute atomic E-state index is 0.0102. The number of halogens is 1. The van der Waals surface area contributed by atoms with Gasteiger partial charge in [-0.2, -0.15) is 20.3 Å². The number of aromatic amines is 1. The summed E-state index contributed by atoms with van der Waals surface area (Å²) in [5, 5.41) is 40.4. The second kappa shape index (κ2) is 21.7. The number of likely N-dealkylation sites (tertiary alicyclic amines) is 2. The summed E-state index contributed by atoms with van der Waals surface area (Å²) < 4.78 is 7.94. The highest BCUT2D eigenvalue weighted by Gasteiger charge is 2.35. The first-order chi connectivity index (χ1) is 35.9. The van der Waals surface area contributed by atoms with E-state index in [0.29, 0.717) is 93.1 Å². The van der Waals surface area contributed by atoms with Crippen LogP contribution < -0.4 is 20.2 Å². The van der Waals surface area contributed by atoms with Crippen LogP contribution in [0, 0.1) is 23.2 Å². The highest BCUT2D eigenvalue weighted by Crippen LogP contribution is 2.39. The van der Waals surface area contributed by atoms with Gasteiger partial charge in [0.15, 0.2) is 5.82 Å². The number of nitriles is 1. The Morgan fingerprint density at radius 1 is 0.905 bits per heavy atom. The van der Waals surface area contributed by atoms with Crippen LogP contribution >= 0.6 is 11.6 Å². The number of hydrogen-bond acceptors (Lipinski definition) is 13. The Morgan fingerprint density at radius 2 is 1.66 bits per heavy atom. The zero-order valence-corrected chi connectivity index (χ0v) is 43.1. The van der Waals surface area contributed by atoms with Crippen molar-refractivity contribution < 1.29 is 24.5 Å². The highest BCUT2D eigenvalue weighted by atomic mass is 35.5. The van der Waals surface area contributed by atoms with Crippen LogP contribution in [0.3, 0.4) is 0 Å². The maximum atomic E-state index is 13.9. The average Bonchev–Trinajstić information content (AvgIpc) is 3.80. The van der Waals surface area contributed by atoms with Gasteiger partial charge in [0.1, 0.15) is 17.3 Å². The van der Waals surface area contributed by atoms with E-state index in [2.05, 4.69) is 55.2 Å². The molecule has 6 heterocycles. The quantitative estimate of drug-likeness (QED) is 0.101. The van der Waals surface area contributed by atoms with Gasteiger partial charge in [-0.3, -0.25) is 14.5 Å². The first-order valence-electron chi connectivity index (χ1n) is 26.1. The molecule has 2 amide bonds. The molecule has 2 aromatic heterocycles. The molecule has 0 radical (unpaired) electrons. The van der Waals surface area contributed by atoms with Gasteiger partial charge in [0.2, 0.25) is 11.8 Å². The lowest BCUT2D eigenvalue weighted by Crippen LogP contribution is -2.55. The smallest absolute Gasteiger partial charge is 0.348 e. The Kier molecular flexibility index (Phi) is 14.8. The van der Waals surface area contributed by atoms with Gasteiger partial charge in [0, 0.05) is 80.9 Å². The number of phenols is 2. The molecule has 386 valence electrons. The SMILES string of the molecule is CCC(=O)N1CCN(c2nc(OCC3CCN(C(=O)C4CCN(Cc5ccc(-n6c(-c7cc(C(C)C)c(O)cc7O)n[nH]c6=O)cc5)CC4)CC3)nc3c2CCN(c2cccc4cccc(Cl)c24)C3)CC1CC#N. The molecule has 0 bridgehead atoms. The third kappa shape index (κ3) is 10.3. The number of ether oxygens (including phenoxy) is 1. The minimum atomic E-state index is -0.442. The molecule has 4 aromatic carbocycles. The number of amides is 2. The Bertz CT molecular complexity index is 3130. The van der Waals surface area contributed by atoms with Crippen LogP contribution in [-0.2, 0) is 29.1 Å². The molecule has 0 saturated carbocycles. The predicted molar refractivity (Wildman–Crippen MR) is 284 cm³/mol. The fraction of sp³-hybridized carbons (Fsp3) is 0.446. The maximum absolute atomic E-state index is 13.9. The predicted octanol–water partition coefficient (Wildman–Crippen LogP) is 7.79. The van der Waals surface area contributed by atoms with Crippen molar-refractivity contribution in [2.45, 2.75) is 90.8 Å². The second-order valence-electron chi connectivity index (χ2n) is 20.5. The van der Waals surface area contributed by atoms with E-state index in [9.17, 15) is 29.9 Å². The first kappa shape index (κ1) is 50.4. The molecule has 3 fully saturated rings. The Labute approximate surface area is 435 Å². The number of phenolic OH excluding ortho intramolecular Hbond substituents is 2. The first-order valence-corrected chi connectivity index (χ1v) is 26.4. The lowest BCUT2D eigenvalue weighted by Gasteiger charge is -2.42. The van der Waals surface area contributed by atoms with Gasteiger partial charge < -0.3 is 34.5 Å². The lowest BCUT2D eigenvalue weighted by molar-refractivity contribution is -0.138. The molecule has 1 unspecified atom stereocenters. The van der Waals surface area contributed by atoms with Crippen molar-refractivity contribution in [1.82, 2.24) is 39.4 Å². The van der Waals surface area contributed by atoms with Gasteiger partial charge in [0.05, 0.1) is 53.7 Å². The van der Waals surface area contributed by atoms with Gasteiger partial charge in [-0.1, -0.05) is 68.8 Å². The number of carbonyl (C=O) groups is 2. The van der Waals surface area contributed by atoms with Crippen molar-refractivity contribution in [2.24, 2.45) is 11.8 Å².